The third-order valence-electron chi connectivity index (χ3n) is 18.2. The molecule has 12 aromatic rings. The van der Waals surface area contributed by atoms with E-state index in [4.69, 9.17) is 14.2 Å². The van der Waals surface area contributed by atoms with Crippen LogP contribution in [0, 0.1) is 38.0 Å². The maximum absolute atomic E-state index is 12.9. The first kappa shape index (κ1) is 103. The third-order valence-corrected chi connectivity index (χ3v) is 32.4. The first-order valence-electron chi connectivity index (χ1n) is 36.5. The van der Waals surface area contributed by atoms with Gasteiger partial charge in [-0.25, -0.2) is 44.4 Å². The summed E-state index contributed by atoms with van der Waals surface area (Å²) >= 11 is 25.5. The number of carbonyl (C=O) groups excluding carboxylic acids is 6. The van der Waals surface area contributed by atoms with E-state index < -0.39 is 144 Å². The van der Waals surface area contributed by atoms with E-state index >= 15 is 0 Å². The molecule has 1 saturated heterocycles. The van der Waals surface area contributed by atoms with Crippen LogP contribution >= 0.6 is 138 Å². The molecular formula is C86H60Br8F6I2O22S4. The zero-order chi connectivity index (χ0) is 93.3. The van der Waals surface area contributed by atoms with Crippen molar-refractivity contribution in [3.05, 3.63) is 333 Å². The van der Waals surface area contributed by atoms with Gasteiger partial charge in [-0.2, -0.15) is 26.3 Å². The van der Waals surface area contributed by atoms with Crippen molar-refractivity contribution in [1.29, 1.82) is 0 Å². The summed E-state index contributed by atoms with van der Waals surface area (Å²) in [6, 6.07) is 84.0. The van der Waals surface area contributed by atoms with Crippen LogP contribution in [0.15, 0.2) is 297 Å². The van der Waals surface area contributed by atoms with Crippen molar-refractivity contribution in [1.82, 2.24) is 0 Å². The maximum atomic E-state index is 12.9. The highest BCUT2D eigenvalue weighted by Gasteiger charge is 2.70. The molecule has 2 saturated carbocycles. The number of esters is 6. The van der Waals surface area contributed by atoms with Crippen LogP contribution in [0.3, 0.4) is 0 Å². The summed E-state index contributed by atoms with van der Waals surface area (Å²) in [6.07, 6.45) is -17.9. The number of thiophene rings is 1. The van der Waals surface area contributed by atoms with E-state index in [1.165, 1.54) is 39.3 Å². The fourth-order valence-corrected chi connectivity index (χ4v) is 27.4. The lowest BCUT2D eigenvalue weighted by atomic mass is 9.78. The van der Waals surface area contributed by atoms with E-state index in [1.807, 2.05) is 0 Å². The summed E-state index contributed by atoms with van der Waals surface area (Å²) in [4.78, 5) is 75.1. The van der Waals surface area contributed by atoms with Gasteiger partial charge in [0.1, 0.15) is 33.8 Å². The molecule has 0 amide bonds. The van der Waals surface area contributed by atoms with Crippen molar-refractivity contribution in [3.8, 4) is 16.4 Å². The Morgan fingerprint density at radius 1 is 0.469 bits per heavy atom. The minimum atomic E-state index is -5.33. The molecular weight excluding hydrogens is 2520 g/mol. The molecule has 22 nitrogen and oxygen atoms in total. The molecule has 1 aliphatic heterocycles. The highest BCUT2D eigenvalue weighted by molar-refractivity contribution is 9.12. The summed E-state index contributed by atoms with van der Waals surface area (Å²) in [5.41, 5.74) is -0.413. The molecule has 2 heterocycles. The minimum Gasteiger partial charge on any atom is -0.748 e. The van der Waals surface area contributed by atoms with Crippen LogP contribution in [0.2, 0.25) is 0 Å². The molecule has 3 aliphatic rings. The Balaban J connectivity index is 0.000000165. The van der Waals surface area contributed by atoms with Crippen LogP contribution in [0.1, 0.15) is 47.9 Å². The van der Waals surface area contributed by atoms with E-state index in [1.54, 1.807) is 24.3 Å². The molecule has 2 bridgehead atoms. The summed E-state index contributed by atoms with van der Waals surface area (Å²) in [5, 5.41) is 12.0. The zero-order valence-electron chi connectivity index (χ0n) is 64.5. The number of carbonyl (C=O) groups is 6. The normalized spacial score (nSPS) is 16.5. The Morgan fingerprint density at radius 3 is 1.28 bits per heavy atom. The molecule has 3 fully saturated rings. The molecule has 2 aliphatic carbocycles. The lowest BCUT2D eigenvalue weighted by molar-refractivity contribution is -0.597. The summed E-state index contributed by atoms with van der Waals surface area (Å²) in [7, 11) is -15.3. The smallest absolute Gasteiger partial charge is 0.426 e. The molecule has 0 spiro atoms. The minimum absolute atomic E-state index is 0.0250. The predicted octanol–water partition coefficient (Wildman–Crippen LogP) is 15.1. The SMILES string of the molecule is O=C(OC(CS(=O)(=O)[O-])C(F)(F)F)c1ccc(O)c(Br)c1.O=C(OC(CS(=O)(=O)[O-])C(F)(F)F)c1ccc(OC(=O)c2c(Br)cc(Br)cc2Br)cc1Br.O=C(OC1C2CC3C1OC(=O)C3C2C(=O)OCS(=O)(=O)[O-])c1c(Br)cc(Br)cc1Br.c1ccc(-[s+]2c3ccccc3c3ccccc32)cc1.c1ccc([I+]c2ccccc2)cc1.c1ccc([I+]c2ccccc2)cc1. The fourth-order valence-electron chi connectivity index (χ4n) is 12.8. The number of phenols is 1. The number of hydrogen-bond acceptors (Lipinski definition) is 22. The summed E-state index contributed by atoms with van der Waals surface area (Å²) < 4.78 is 213. The number of aromatic hydroxyl groups is 1. The number of ether oxygens (including phenoxy) is 6. The average molecular weight is 2580 g/mol. The van der Waals surface area contributed by atoms with Gasteiger partial charge in [0.05, 0.1) is 70.3 Å². The monoisotopic (exact) mass is 2570 g/mol. The Labute approximate surface area is 818 Å². The number of fused-ring (bicyclic) bond motifs is 4. The largest absolute Gasteiger partial charge is 0.748 e. The van der Waals surface area contributed by atoms with Crippen molar-refractivity contribution < 1.29 is 170 Å². The first-order chi connectivity index (χ1) is 60.3. The van der Waals surface area contributed by atoms with Gasteiger partial charge < -0.3 is 47.2 Å². The number of alkyl halides is 6. The highest BCUT2D eigenvalue weighted by atomic mass is 127. The molecule has 672 valence electrons. The fraction of sp³-hybridized carbons (Fsp3) is 0.163. The standard InChI is InChI=1S/C18H13S.C17H9Br4F3O7S.C17H13Br3O9S.2C12H10I.C10H8BrF3O6S/c1-2-8-14(9-3-1)19-17-12-6-4-10-15(17)16-11-5-7-13-18(16)19;18-7-3-11(20)14(12(21)4-7)16(26)30-8-1-2-9(10(19)5-8)15(25)31-13(17(22,23)24)6-32(27,28)29;18-5-1-8(19)12(9(20)2-5)17(23)29-13-6-3-7-11(16(22)28-14(7)13)10(6)15(21)27-4-30(24,25)26;2*1-3-7-11(8-4-1)13-12-9-5-2-6-10-12;11-6-3-5(1-2-7(6)15)9(16)20-8(10(12,13)14)4-21(17,18)19/h1-13H;1-5,13H,6H2,(H,27,28,29);1-2,6-7,10-11,13-14H,3-4H2,(H,24,25,26);2*1-10H;1-3,8,15H,4H2,(H,17,18,19)/q+1;;;2*+1;/p-3. The molecule has 15 rings (SSSR count). The number of phenolic OH excluding ortho intramolecular Hbond substituents is 1. The van der Waals surface area contributed by atoms with Crippen LogP contribution in [-0.4, -0.2) is 134 Å². The average Bonchev–Trinajstić information content (AvgIpc) is 1.54. The van der Waals surface area contributed by atoms with Crippen molar-refractivity contribution in [2.24, 2.45) is 23.7 Å². The van der Waals surface area contributed by atoms with Crippen LogP contribution in [-0.2, 0) is 63.6 Å². The molecule has 0 radical (unpaired) electrons. The van der Waals surface area contributed by atoms with E-state index in [9.17, 15) is 99.1 Å². The van der Waals surface area contributed by atoms with Gasteiger partial charge in [-0.3, -0.25) is 9.59 Å². The molecule has 128 heavy (non-hydrogen) atoms. The van der Waals surface area contributed by atoms with Crippen molar-refractivity contribution in [2.75, 3.05) is 17.4 Å². The molecule has 8 unspecified atom stereocenters. The van der Waals surface area contributed by atoms with Crippen molar-refractivity contribution in [3.63, 3.8) is 0 Å². The number of benzene rings is 11. The van der Waals surface area contributed by atoms with Gasteiger partial charge in [-0.1, -0.05) is 147 Å². The van der Waals surface area contributed by atoms with Crippen LogP contribution in [0.5, 0.6) is 11.5 Å². The van der Waals surface area contributed by atoms with Crippen LogP contribution in [0.4, 0.5) is 26.3 Å². The van der Waals surface area contributed by atoms with Crippen LogP contribution < -0.4 is 47.1 Å². The summed E-state index contributed by atoms with van der Waals surface area (Å²) in [5.74, 6) is -14.4. The van der Waals surface area contributed by atoms with Gasteiger partial charge in [0.2, 0.25) is 12.2 Å². The van der Waals surface area contributed by atoms with Crippen molar-refractivity contribution >= 4 is 224 Å². The second-order valence-electron chi connectivity index (χ2n) is 27.0. The number of hydrogen-bond donors (Lipinski definition) is 1. The van der Waals surface area contributed by atoms with Gasteiger partial charge in [-0.05, 0) is 248 Å². The lowest BCUT2D eigenvalue weighted by Gasteiger charge is -2.30. The third kappa shape index (κ3) is 29.4. The molecule has 8 atom stereocenters. The quantitative estimate of drug-likeness (QED) is 0.0141. The van der Waals surface area contributed by atoms with E-state index in [-0.39, 0.29) is 95.9 Å². The second-order valence-corrected chi connectivity index (χ2v) is 46.2. The molecule has 1 aromatic heterocycles. The van der Waals surface area contributed by atoms with Gasteiger partial charge in [0.25, 0.3) is 0 Å². The second kappa shape index (κ2) is 46.0. The van der Waals surface area contributed by atoms with E-state index in [0.717, 1.165) is 40.9 Å². The topological polar surface area (TPSA) is 350 Å². The van der Waals surface area contributed by atoms with Gasteiger partial charge in [0.15, 0.2) is 34.5 Å². The predicted molar refractivity (Wildman–Crippen MR) is 478 cm³/mol. The number of rotatable bonds is 20. The Kier molecular flexibility index (Phi) is 37.0. The van der Waals surface area contributed by atoms with Crippen LogP contribution in [0.25, 0.3) is 25.1 Å². The Hall–Kier alpha value is -7.13. The van der Waals surface area contributed by atoms with Gasteiger partial charge in [-0.15, -0.1) is 0 Å². The molecule has 1 N–H and O–H groups in total. The first-order valence-corrected chi connectivity index (χ1v) is 53.1. The van der Waals surface area contributed by atoms with E-state index in [2.05, 4.69) is 342 Å². The lowest BCUT2D eigenvalue weighted by Crippen LogP contribution is -3.61. The van der Waals surface area contributed by atoms with Crippen molar-refractivity contribution in [2.45, 2.75) is 43.2 Å². The summed E-state index contributed by atoms with van der Waals surface area (Å²) in [6.45, 7) is 0. The van der Waals surface area contributed by atoms with Gasteiger partial charge in [0, 0.05) is 64.4 Å². The Bertz CT molecular complexity index is 6140. The molecule has 11 aromatic carbocycles. The Morgan fingerprint density at radius 2 is 0.875 bits per heavy atom. The highest BCUT2D eigenvalue weighted by Crippen LogP contribution is 2.59. The van der Waals surface area contributed by atoms with E-state index in [0.29, 0.717) is 28.8 Å². The maximum Gasteiger partial charge on any atom is 0.426 e. The number of halogens is 16. The zero-order valence-corrected chi connectivity index (χ0v) is 84.7. The molecule has 42 heteroatoms. The van der Waals surface area contributed by atoms with Gasteiger partial charge >= 0.3 is 90.6 Å².